The zero-order chi connectivity index (χ0) is 11.4. The van der Waals surface area contributed by atoms with Gasteiger partial charge in [0.15, 0.2) is 0 Å². The lowest BCUT2D eigenvalue weighted by atomic mass is 9.90. The molecular formula is C13H19ClO. The van der Waals surface area contributed by atoms with E-state index in [1.165, 1.54) is 5.56 Å². The van der Waals surface area contributed by atoms with Gasteiger partial charge in [0.2, 0.25) is 0 Å². The summed E-state index contributed by atoms with van der Waals surface area (Å²) in [5.74, 6) is 3.34. The molecule has 2 atom stereocenters. The lowest BCUT2D eigenvalue weighted by Crippen LogP contribution is -2.10. The minimum atomic E-state index is 0.191. The van der Waals surface area contributed by atoms with E-state index in [1.807, 2.05) is 13.8 Å². The number of hydrogen-bond acceptors (Lipinski definition) is 1. The number of rotatable bonds is 2. The Morgan fingerprint density at radius 1 is 1.33 bits per heavy atom. The van der Waals surface area contributed by atoms with Gasteiger partial charge in [0.1, 0.15) is 11.5 Å². The van der Waals surface area contributed by atoms with E-state index >= 15 is 0 Å². The summed E-state index contributed by atoms with van der Waals surface area (Å²) >= 11 is 6.05. The summed E-state index contributed by atoms with van der Waals surface area (Å²) in [6.45, 7) is 10.9. The van der Waals surface area contributed by atoms with Crippen molar-refractivity contribution in [1.82, 2.24) is 0 Å². The molecule has 0 radical (unpaired) electrons. The van der Waals surface area contributed by atoms with E-state index in [4.69, 9.17) is 16.0 Å². The van der Waals surface area contributed by atoms with Gasteiger partial charge in [-0.2, -0.15) is 0 Å². The normalized spacial score (nSPS) is 33.1. The molecule has 15 heavy (non-hydrogen) atoms. The predicted molar refractivity (Wildman–Crippen MR) is 63.5 cm³/mol. The smallest absolute Gasteiger partial charge is 0.104 e. The minimum Gasteiger partial charge on any atom is -0.466 e. The van der Waals surface area contributed by atoms with Crippen molar-refractivity contribution >= 4 is 11.6 Å². The van der Waals surface area contributed by atoms with E-state index in [2.05, 4.69) is 26.8 Å². The molecule has 1 aliphatic carbocycles. The first-order valence-electron chi connectivity index (χ1n) is 5.49. The predicted octanol–water partition coefficient (Wildman–Crippen LogP) is 4.05. The van der Waals surface area contributed by atoms with Crippen LogP contribution in [0.15, 0.2) is 10.5 Å². The maximum atomic E-state index is 6.05. The molecule has 1 aliphatic rings. The van der Waals surface area contributed by atoms with Crippen LogP contribution in [0.25, 0.3) is 0 Å². The van der Waals surface area contributed by atoms with E-state index in [1.54, 1.807) is 0 Å². The summed E-state index contributed by atoms with van der Waals surface area (Å²) in [7, 11) is 0. The molecule has 1 saturated carbocycles. The van der Waals surface area contributed by atoms with Crippen LogP contribution in [-0.2, 0) is 5.41 Å². The van der Waals surface area contributed by atoms with Crippen molar-refractivity contribution in [3.63, 3.8) is 0 Å². The molecule has 2 unspecified atom stereocenters. The van der Waals surface area contributed by atoms with Crippen LogP contribution in [0.1, 0.15) is 37.9 Å². The van der Waals surface area contributed by atoms with Crippen molar-refractivity contribution in [2.45, 2.75) is 40.0 Å². The summed E-state index contributed by atoms with van der Waals surface area (Å²) in [6.07, 6.45) is 0. The summed E-state index contributed by atoms with van der Waals surface area (Å²) in [5.41, 5.74) is 1.82. The summed E-state index contributed by atoms with van der Waals surface area (Å²) in [4.78, 5) is 0. The number of hydrogen-bond donors (Lipinski definition) is 0. The van der Waals surface area contributed by atoms with Crippen molar-refractivity contribution in [1.29, 1.82) is 0 Å². The molecule has 2 rings (SSSR count). The molecular weight excluding hydrogens is 208 g/mol. The van der Waals surface area contributed by atoms with Crippen molar-refractivity contribution < 1.29 is 4.42 Å². The second-order valence-corrected chi connectivity index (χ2v) is 5.77. The van der Waals surface area contributed by atoms with E-state index < -0.39 is 0 Å². The van der Waals surface area contributed by atoms with Crippen molar-refractivity contribution in [3.05, 3.63) is 23.2 Å². The zero-order valence-corrected chi connectivity index (χ0v) is 10.9. The van der Waals surface area contributed by atoms with Gasteiger partial charge in [0.05, 0.1) is 0 Å². The van der Waals surface area contributed by atoms with Crippen LogP contribution in [0.3, 0.4) is 0 Å². The van der Waals surface area contributed by atoms with E-state index in [-0.39, 0.29) is 10.8 Å². The lowest BCUT2D eigenvalue weighted by Gasteiger charge is -2.13. The maximum absolute atomic E-state index is 6.05. The van der Waals surface area contributed by atoms with Crippen LogP contribution in [0.2, 0.25) is 0 Å². The molecule has 0 bridgehead atoms. The highest BCUT2D eigenvalue weighted by atomic mass is 35.5. The largest absolute Gasteiger partial charge is 0.466 e. The van der Waals surface area contributed by atoms with Gasteiger partial charge in [-0.1, -0.05) is 20.8 Å². The average molecular weight is 227 g/mol. The Balaban J connectivity index is 2.45. The monoisotopic (exact) mass is 226 g/mol. The van der Waals surface area contributed by atoms with Crippen LogP contribution in [0, 0.1) is 25.2 Å². The Labute approximate surface area is 96.8 Å². The van der Waals surface area contributed by atoms with Gasteiger partial charge >= 0.3 is 0 Å². The Bertz CT molecular complexity index is 391. The quantitative estimate of drug-likeness (QED) is 0.694. The van der Waals surface area contributed by atoms with Gasteiger partial charge in [0.25, 0.3) is 0 Å². The standard InChI is InChI=1S/C13H19ClO/c1-8-6-10(9(2)15-8)13(5)11(7-14)12(13,3)4/h6,11H,7H2,1-5H3. The molecule has 2 heteroatoms. The molecule has 0 amide bonds. The summed E-state index contributed by atoms with van der Waals surface area (Å²) in [5, 5.41) is 0. The summed E-state index contributed by atoms with van der Waals surface area (Å²) in [6, 6.07) is 2.17. The molecule has 0 spiro atoms. The van der Waals surface area contributed by atoms with E-state index in [0.29, 0.717) is 5.92 Å². The van der Waals surface area contributed by atoms with Gasteiger partial charge in [-0.3, -0.25) is 0 Å². The third kappa shape index (κ3) is 1.22. The third-order valence-corrected chi connectivity index (χ3v) is 4.89. The number of halogens is 1. The van der Waals surface area contributed by atoms with Crippen LogP contribution < -0.4 is 0 Å². The van der Waals surface area contributed by atoms with Crippen molar-refractivity contribution in [2.24, 2.45) is 11.3 Å². The molecule has 1 heterocycles. The van der Waals surface area contributed by atoms with Gasteiger partial charge in [0, 0.05) is 16.9 Å². The molecule has 84 valence electrons. The maximum Gasteiger partial charge on any atom is 0.104 e. The highest BCUT2D eigenvalue weighted by molar-refractivity contribution is 6.18. The fraction of sp³-hybridized carbons (Fsp3) is 0.692. The molecule has 0 N–H and O–H groups in total. The van der Waals surface area contributed by atoms with Crippen LogP contribution in [0.4, 0.5) is 0 Å². The zero-order valence-electron chi connectivity index (χ0n) is 10.1. The van der Waals surface area contributed by atoms with Crippen LogP contribution in [0.5, 0.6) is 0 Å². The van der Waals surface area contributed by atoms with Crippen LogP contribution >= 0.6 is 11.6 Å². The molecule has 1 fully saturated rings. The van der Waals surface area contributed by atoms with Gasteiger partial charge in [-0.25, -0.2) is 0 Å². The fourth-order valence-electron chi connectivity index (χ4n) is 3.13. The fourth-order valence-corrected chi connectivity index (χ4v) is 3.82. The Kier molecular flexibility index (Phi) is 2.24. The van der Waals surface area contributed by atoms with E-state index in [9.17, 15) is 0 Å². The number of furan rings is 1. The number of aryl methyl sites for hydroxylation is 2. The topological polar surface area (TPSA) is 13.1 Å². The van der Waals surface area contributed by atoms with Gasteiger partial charge in [-0.05, 0) is 31.2 Å². The molecule has 0 saturated heterocycles. The first-order valence-corrected chi connectivity index (χ1v) is 6.02. The molecule has 1 nitrogen and oxygen atoms in total. The lowest BCUT2D eigenvalue weighted by molar-refractivity contribution is 0.481. The minimum absolute atomic E-state index is 0.191. The highest BCUT2D eigenvalue weighted by Crippen LogP contribution is 2.70. The molecule has 0 aliphatic heterocycles. The highest BCUT2D eigenvalue weighted by Gasteiger charge is 2.68. The second kappa shape index (κ2) is 3.04. The van der Waals surface area contributed by atoms with Crippen molar-refractivity contribution in [2.75, 3.05) is 5.88 Å². The van der Waals surface area contributed by atoms with E-state index in [0.717, 1.165) is 17.4 Å². The molecule has 1 aromatic heterocycles. The molecule has 0 aromatic carbocycles. The molecule has 1 aromatic rings. The van der Waals surface area contributed by atoms with Gasteiger partial charge < -0.3 is 4.42 Å². The third-order valence-electron chi connectivity index (χ3n) is 4.58. The summed E-state index contributed by atoms with van der Waals surface area (Å²) < 4.78 is 5.62. The Morgan fingerprint density at radius 2 is 1.93 bits per heavy atom. The first kappa shape index (κ1) is 11.1. The van der Waals surface area contributed by atoms with Crippen LogP contribution in [-0.4, -0.2) is 5.88 Å². The van der Waals surface area contributed by atoms with Gasteiger partial charge in [-0.15, -0.1) is 11.6 Å². The SMILES string of the molecule is Cc1cc(C2(C)C(CCl)C2(C)C)c(C)o1. The first-order chi connectivity index (χ1) is 6.85. The Hall–Kier alpha value is -0.430. The second-order valence-electron chi connectivity index (χ2n) is 5.46. The van der Waals surface area contributed by atoms with Crippen molar-refractivity contribution in [3.8, 4) is 0 Å². The number of alkyl halides is 1. The Morgan fingerprint density at radius 3 is 2.27 bits per heavy atom. The average Bonchev–Trinajstić information content (AvgIpc) is 2.38.